The predicted molar refractivity (Wildman–Crippen MR) is 108 cm³/mol. The van der Waals surface area contributed by atoms with Gasteiger partial charge < -0.3 is 19.5 Å². The van der Waals surface area contributed by atoms with Gasteiger partial charge in [0.2, 0.25) is 5.96 Å². The van der Waals surface area contributed by atoms with Crippen molar-refractivity contribution in [3.05, 3.63) is 53.8 Å². The summed E-state index contributed by atoms with van der Waals surface area (Å²) in [6.45, 7) is 1.13. The fraction of sp³-hybridized carbons (Fsp3) is 0.333. The van der Waals surface area contributed by atoms with Crippen LogP contribution in [-0.2, 0) is 4.74 Å². The highest BCUT2D eigenvalue weighted by Gasteiger charge is 2.17. The first kappa shape index (κ1) is 20.6. The minimum atomic E-state index is -0.386. The van der Waals surface area contributed by atoms with E-state index in [1.54, 1.807) is 30.3 Å². The average molecular weight is 401 g/mol. The molecular weight excluding hydrogens is 377 g/mol. The molecule has 3 rings (SSSR count). The first-order valence-corrected chi connectivity index (χ1v) is 9.30. The molecule has 0 radical (unpaired) electrons. The van der Waals surface area contributed by atoms with Gasteiger partial charge in [-0.05, 0) is 49.2 Å². The van der Waals surface area contributed by atoms with Gasteiger partial charge in [-0.15, -0.1) is 0 Å². The van der Waals surface area contributed by atoms with Gasteiger partial charge in [-0.3, -0.25) is 10.1 Å². The molecule has 0 unspecified atom stereocenters. The molecule has 0 spiro atoms. The standard InChI is InChI=1S/C21H24FN3O4/c1-27-18-10-14(11-19(12-18)28-2)20(26)25-21(23-13-17-4-3-9-29-17)24-16-7-5-15(22)6-8-16/h5-8,10-12,17H,3-4,9,13H2,1-2H3,(H2,23,24,25,26)/t17-/m0/s1. The molecule has 7 nitrogen and oxygen atoms in total. The molecule has 29 heavy (non-hydrogen) atoms. The monoisotopic (exact) mass is 401 g/mol. The van der Waals surface area contributed by atoms with Crippen molar-refractivity contribution >= 4 is 17.6 Å². The summed E-state index contributed by atoms with van der Waals surface area (Å²) >= 11 is 0. The summed E-state index contributed by atoms with van der Waals surface area (Å²) < 4.78 is 29.2. The van der Waals surface area contributed by atoms with Gasteiger partial charge in [0.1, 0.15) is 17.3 Å². The predicted octanol–water partition coefficient (Wildman–Crippen LogP) is 3.22. The Kier molecular flexibility index (Phi) is 7.02. The minimum Gasteiger partial charge on any atom is -0.497 e. The molecule has 2 aromatic carbocycles. The molecule has 0 bridgehead atoms. The Hall–Kier alpha value is -3.13. The lowest BCUT2D eigenvalue weighted by Gasteiger charge is -2.14. The lowest BCUT2D eigenvalue weighted by atomic mass is 10.2. The number of carbonyl (C=O) groups is 1. The van der Waals surface area contributed by atoms with Crippen LogP contribution in [0.3, 0.4) is 0 Å². The van der Waals surface area contributed by atoms with E-state index in [1.807, 2.05) is 0 Å². The largest absolute Gasteiger partial charge is 0.497 e. The first-order chi connectivity index (χ1) is 14.1. The Morgan fingerprint density at radius 3 is 2.45 bits per heavy atom. The van der Waals surface area contributed by atoms with Gasteiger partial charge in [-0.2, -0.15) is 0 Å². The third-order valence-corrected chi connectivity index (χ3v) is 4.43. The number of nitrogens with one attached hydrogen (secondary N) is 2. The minimum absolute atomic E-state index is 0.0221. The molecule has 8 heteroatoms. The highest BCUT2D eigenvalue weighted by atomic mass is 19.1. The number of rotatable bonds is 6. The topological polar surface area (TPSA) is 81.2 Å². The normalized spacial score (nSPS) is 16.4. The van der Waals surface area contributed by atoms with E-state index in [-0.39, 0.29) is 23.8 Å². The molecule has 1 aliphatic rings. The van der Waals surface area contributed by atoms with Crippen molar-refractivity contribution in [2.24, 2.45) is 4.99 Å². The lowest BCUT2D eigenvalue weighted by Crippen LogP contribution is -2.36. The number of aliphatic imine (C=N–C) groups is 1. The van der Waals surface area contributed by atoms with E-state index in [1.165, 1.54) is 26.4 Å². The number of methoxy groups -OCH3 is 2. The van der Waals surface area contributed by atoms with E-state index in [2.05, 4.69) is 15.6 Å². The second-order valence-corrected chi connectivity index (χ2v) is 6.51. The molecule has 2 aromatic rings. The lowest BCUT2D eigenvalue weighted by molar-refractivity contribution is 0.0975. The summed E-state index contributed by atoms with van der Waals surface area (Å²) in [4.78, 5) is 17.3. The van der Waals surface area contributed by atoms with Crippen molar-refractivity contribution in [1.29, 1.82) is 0 Å². The number of amides is 1. The molecule has 1 amide bonds. The highest BCUT2D eigenvalue weighted by Crippen LogP contribution is 2.22. The maximum Gasteiger partial charge on any atom is 0.258 e. The Bertz CT molecular complexity index is 842. The fourth-order valence-corrected chi connectivity index (χ4v) is 2.88. The molecule has 0 aliphatic carbocycles. The zero-order valence-electron chi connectivity index (χ0n) is 16.4. The van der Waals surface area contributed by atoms with Gasteiger partial charge in [0.05, 0.1) is 26.9 Å². The Morgan fingerprint density at radius 1 is 1.17 bits per heavy atom. The van der Waals surface area contributed by atoms with Crippen LogP contribution in [0, 0.1) is 5.82 Å². The summed E-state index contributed by atoms with van der Waals surface area (Å²) in [6, 6.07) is 10.7. The van der Waals surface area contributed by atoms with Gasteiger partial charge in [0.25, 0.3) is 5.91 Å². The van der Waals surface area contributed by atoms with Gasteiger partial charge >= 0.3 is 0 Å². The summed E-state index contributed by atoms with van der Waals surface area (Å²) in [5.41, 5.74) is 0.952. The molecule has 2 N–H and O–H groups in total. The highest BCUT2D eigenvalue weighted by molar-refractivity contribution is 6.10. The van der Waals surface area contributed by atoms with Gasteiger partial charge in [0, 0.05) is 23.9 Å². The number of benzene rings is 2. The molecule has 1 heterocycles. The number of anilines is 1. The second-order valence-electron chi connectivity index (χ2n) is 6.51. The molecule has 1 fully saturated rings. The second kappa shape index (κ2) is 9.88. The zero-order valence-corrected chi connectivity index (χ0v) is 16.4. The molecular formula is C21H24FN3O4. The van der Waals surface area contributed by atoms with E-state index >= 15 is 0 Å². The number of carbonyl (C=O) groups excluding carboxylic acids is 1. The SMILES string of the molecule is COc1cc(OC)cc(C(=O)NC(=NC[C@@H]2CCCO2)Nc2ccc(F)cc2)c1. The van der Waals surface area contributed by atoms with Crippen molar-refractivity contribution < 1.29 is 23.4 Å². The van der Waals surface area contributed by atoms with E-state index in [9.17, 15) is 9.18 Å². The third kappa shape index (κ3) is 5.92. The number of hydrogen-bond acceptors (Lipinski definition) is 5. The van der Waals surface area contributed by atoms with Crippen LogP contribution < -0.4 is 20.1 Å². The smallest absolute Gasteiger partial charge is 0.258 e. The Labute approximate surface area is 168 Å². The van der Waals surface area contributed by atoms with Crippen molar-refractivity contribution in [3.63, 3.8) is 0 Å². The summed E-state index contributed by atoms with van der Waals surface area (Å²) in [7, 11) is 3.03. The number of guanidine groups is 1. The van der Waals surface area contributed by atoms with Crippen LogP contribution >= 0.6 is 0 Å². The van der Waals surface area contributed by atoms with E-state index in [4.69, 9.17) is 14.2 Å². The summed E-state index contributed by atoms with van der Waals surface area (Å²) in [6.07, 6.45) is 1.94. The molecule has 1 atom stereocenters. The average Bonchev–Trinajstić information content (AvgIpc) is 3.26. The van der Waals surface area contributed by atoms with Crippen LogP contribution in [0.5, 0.6) is 11.5 Å². The Morgan fingerprint density at radius 2 is 1.86 bits per heavy atom. The molecule has 1 aliphatic heterocycles. The van der Waals surface area contributed by atoms with Gasteiger partial charge in [-0.1, -0.05) is 0 Å². The van der Waals surface area contributed by atoms with Crippen molar-refractivity contribution in [2.45, 2.75) is 18.9 Å². The number of ether oxygens (including phenoxy) is 3. The van der Waals surface area contributed by atoms with E-state index in [0.717, 1.165) is 19.4 Å². The number of nitrogens with zero attached hydrogens (tertiary/aromatic N) is 1. The maximum absolute atomic E-state index is 13.2. The van der Waals surface area contributed by atoms with Gasteiger partial charge in [0.15, 0.2) is 0 Å². The quantitative estimate of drug-likeness (QED) is 0.574. The molecule has 1 saturated heterocycles. The number of hydrogen-bond donors (Lipinski definition) is 2. The first-order valence-electron chi connectivity index (χ1n) is 9.30. The molecule has 154 valence electrons. The van der Waals surface area contributed by atoms with Crippen molar-refractivity contribution in [3.8, 4) is 11.5 Å². The van der Waals surface area contributed by atoms with Crippen LogP contribution in [0.4, 0.5) is 10.1 Å². The fourth-order valence-electron chi connectivity index (χ4n) is 2.88. The van der Waals surface area contributed by atoms with E-state index < -0.39 is 0 Å². The zero-order chi connectivity index (χ0) is 20.6. The van der Waals surface area contributed by atoms with Crippen LogP contribution in [0.15, 0.2) is 47.5 Å². The van der Waals surface area contributed by atoms with Crippen LogP contribution in [0.1, 0.15) is 23.2 Å². The van der Waals surface area contributed by atoms with E-state index in [0.29, 0.717) is 29.3 Å². The Balaban J connectivity index is 1.78. The van der Waals surface area contributed by atoms with Gasteiger partial charge in [-0.25, -0.2) is 9.38 Å². The summed E-state index contributed by atoms with van der Waals surface area (Å²) in [5, 5.41) is 5.78. The van der Waals surface area contributed by atoms with Crippen molar-refractivity contribution in [2.75, 3.05) is 32.7 Å². The molecule has 0 saturated carbocycles. The summed E-state index contributed by atoms with van der Waals surface area (Å²) in [5.74, 6) is 0.514. The van der Waals surface area contributed by atoms with Crippen LogP contribution in [-0.4, -0.2) is 45.3 Å². The third-order valence-electron chi connectivity index (χ3n) is 4.43. The van der Waals surface area contributed by atoms with Crippen LogP contribution in [0.25, 0.3) is 0 Å². The van der Waals surface area contributed by atoms with Crippen LogP contribution in [0.2, 0.25) is 0 Å². The number of halogens is 1. The van der Waals surface area contributed by atoms with Crippen molar-refractivity contribution in [1.82, 2.24) is 5.32 Å². The molecule has 0 aromatic heterocycles. The maximum atomic E-state index is 13.2.